The zero-order valence-electron chi connectivity index (χ0n) is 6.89. The molecule has 0 aliphatic rings. The third-order valence-electron chi connectivity index (χ3n) is 1.70. The molecule has 2 nitrogen and oxygen atoms in total. The molecule has 3 heteroatoms. The van der Waals surface area contributed by atoms with E-state index < -0.39 is 0 Å². The Morgan fingerprint density at radius 1 is 1.33 bits per heavy atom. The van der Waals surface area contributed by atoms with E-state index in [1.165, 1.54) is 5.56 Å². The molecule has 0 aliphatic carbocycles. The van der Waals surface area contributed by atoms with Crippen molar-refractivity contribution in [1.29, 1.82) is 0 Å². The van der Waals surface area contributed by atoms with Crippen molar-refractivity contribution >= 4 is 27.0 Å². The topological polar surface area (TPSA) is 26.0 Å². The van der Waals surface area contributed by atoms with Gasteiger partial charge in [-0.05, 0) is 40.5 Å². The van der Waals surface area contributed by atoms with Gasteiger partial charge < -0.3 is 4.42 Å². The summed E-state index contributed by atoms with van der Waals surface area (Å²) in [5.41, 5.74) is 2.93. The summed E-state index contributed by atoms with van der Waals surface area (Å²) in [5.74, 6) is 0.705. The SMILES string of the molecule is Cc1cc(Br)c2oc(C)nc2c1. The first-order valence-corrected chi connectivity index (χ1v) is 4.49. The molecule has 0 saturated carbocycles. The Labute approximate surface area is 78.7 Å². The zero-order chi connectivity index (χ0) is 8.72. The van der Waals surface area contributed by atoms with Gasteiger partial charge in [-0.2, -0.15) is 0 Å². The van der Waals surface area contributed by atoms with E-state index >= 15 is 0 Å². The maximum absolute atomic E-state index is 5.40. The highest BCUT2D eigenvalue weighted by Crippen LogP contribution is 2.25. The van der Waals surface area contributed by atoms with Crippen molar-refractivity contribution in [3.05, 3.63) is 28.1 Å². The molecule has 0 spiro atoms. The van der Waals surface area contributed by atoms with Crippen LogP contribution in [0.5, 0.6) is 0 Å². The van der Waals surface area contributed by atoms with Gasteiger partial charge in [-0.15, -0.1) is 0 Å². The van der Waals surface area contributed by atoms with Gasteiger partial charge in [-0.3, -0.25) is 0 Å². The smallest absolute Gasteiger partial charge is 0.192 e. The first kappa shape index (κ1) is 7.80. The Morgan fingerprint density at radius 3 is 2.83 bits per heavy atom. The summed E-state index contributed by atoms with van der Waals surface area (Å²) in [6, 6.07) is 4.03. The average Bonchev–Trinajstić information content (AvgIpc) is 2.29. The summed E-state index contributed by atoms with van der Waals surface area (Å²) in [6.07, 6.45) is 0. The van der Waals surface area contributed by atoms with E-state index in [0.717, 1.165) is 15.6 Å². The molecule has 0 amide bonds. The lowest BCUT2D eigenvalue weighted by molar-refractivity contribution is 0.559. The molecule has 62 valence electrons. The lowest BCUT2D eigenvalue weighted by atomic mass is 10.2. The van der Waals surface area contributed by atoms with E-state index in [1.54, 1.807) is 0 Å². The highest BCUT2D eigenvalue weighted by Gasteiger charge is 2.05. The van der Waals surface area contributed by atoms with Crippen LogP contribution < -0.4 is 0 Å². The van der Waals surface area contributed by atoms with E-state index in [4.69, 9.17) is 4.42 Å². The zero-order valence-corrected chi connectivity index (χ0v) is 8.47. The minimum Gasteiger partial charge on any atom is -0.440 e. The van der Waals surface area contributed by atoms with Crippen LogP contribution in [0.4, 0.5) is 0 Å². The Morgan fingerprint density at radius 2 is 2.08 bits per heavy atom. The van der Waals surface area contributed by atoms with E-state index in [-0.39, 0.29) is 0 Å². The fraction of sp³-hybridized carbons (Fsp3) is 0.222. The maximum atomic E-state index is 5.40. The molecule has 0 aliphatic heterocycles. The van der Waals surface area contributed by atoms with Crippen LogP contribution in [0.3, 0.4) is 0 Å². The number of nitrogens with zero attached hydrogens (tertiary/aromatic N) is 1. The van der Waals surface area contributed by atoms with Crippen molar-refractivity contribution in [3.63, 3.8) is 0 Å². The number of benzene rings is 1. The molecule has 0 bridgehead atoms. The largest absolute Gasteiger partial charge is 0.440 e. The van der Waals surface area contributed by atoms with Crippen LogP contribution in [0, 0.1) is 13.8 Å². The summed E-state index contributed by atoms with van der Waals surface area (Å²) < 4.78 is 6.37. The molecule has 2 rings (SSSR count). The summed E-state index contributed by atoms with van der Waals surface area (Å²) >= 11 is 3.43. The predicted molar refractivity (Wildman–Crippen MR) is 51.2 cm³/mol. The monoisotopic (exact) mass is 225 g/mol. The normalized spacial score (nSPS) is 10.9. The van der Waals surface area contributed by atoms with Crippen LogP contribution in [0.15, 0.2) is 21.0 Å². The summed E-state index contributed by atoms with van der Waals surface area (Å²) in [5, 5.41) is 0. The van der Waals surface area contributed by atoms with Crippen molar-refractivity contribution in [1.82, 2.24) is 4.98 Å². The first-order chi connectivity index (χ1) is 5.66. The standard InChI is InChI=1S/C9H8BrNO/c1-5-3-7(10)9-8(4-5)11-6(2)12-9/h3-4H,1-2H3. The lowest BCUT2D eigenvalue weighted by Crippen LogP contribution is -1.74. The molecule has 2 aromatic rings. The highest BCUT2D eigenvalue weighted by molar-refractivity contribution is 9.10. The van der Waals surface area contributed by atoms with Crippen molar-refractivity contribution in [2.45, 2.75) is 13.8 Å². The van der Waals surface area contributed by atoms with Gasteiger partial charge >= 0.3 is 0 Å². The molecule has 0 radical (unpaired) electrons. The second-order valence-corrected chi connectivity index (χ2v) is 3.68. The van der Waals surface area contributed by atoms with Gasteiger partial charge in [0.15, 0.2) is 11.5 Å². The molecule has 0 N–H and O–H groups in total. The number of rotatable bonds is 0. The summed E-state index contributed by atoms with van der Waals surface area (Å²) in [4.78, 5) is 4.24. The molecule has 0 saturated heterocycles. The van der Waals surface area contributed by atoms with Crippen LogP contribution in [0.2, 0.25) is 0 Å². The fourth-order valence-electron chi connectivity index (χ4n) is 1.23. The van der Waals surface area contributed by atoms with E-state index in [1.807, 2.05) is 26.0 Å². The van der Waals surface area contributed by atoms with Crippen molar-refractivity contribution in [3.8, 4) is 0 Å². The van der Waals surface area contributed by atoms with Gasteiger partial charge in [0.1, 0.15) is 5.52 Å². The van der Waals surface area contributed by atoms with Crippen LogP contribution in [-0.4, -0.2) is 4.98 Å². The highest BCUT2D eigenvalue weighted by atomic mass is 79.9. The molecular weight excluding hydrogens is 218 g/mol. The molecule has 0 fully saturated rings. The third kappa shape index (κ3) is 1.14. The number of hydrogen-bond donors (Lipinski definition) is 0. The van der Waals surface area contributed by atoms with Crippen LogP contribution in [-0.2, 0) is 0 Å². The number of aromatic nitrogens is 1. The third-order valence-corrected chi connectivity index (χ3v) is 2.29. The van der Waals surface area contributed by atoms with E-state index in [9.17, 15) is 0 Å². The molecule has 0 atom stereocenters. The first-order valence-electron chi connectivity index (χ1n) is 3.70. The minimum atomic E-state index is 0.705. The molecular formula is C9H8BrNO. The number of hydrogen-bond acceptors (Lipinski definition) is 2. The van der Waals surface area contributed by atoms with Crippen molar-refractivity contribution < 1.29 is 4.42 Å². The predicted octanol–water partition coefficient (Wildman–Crippen LogP) is 3.21. The van der Waals surface area contributed by atoms with E-state index in [0.29, 0.717) is 5.89 Å². The van der Waals surface area contributed by atoms with Crippen LogP contribution in [0.25, 0.3) is 11.1 Å². The maximum Gasteiger partial charge on any atom is 0.192 e. The number of fused-ring (bicyclic) bond motifs is 1. The quantitative estimate of drug-likeness (QED) is 0.689. The lowest BCUT2D eigenvalue weighted by Gasteiger charge is -1.93. The average molecular weight is 226 g/mol. The number of oxazole rings is 1. The van der Waals surface area contributed by atoms with Gasteiger partial charge in [0.2, 0.25) is 0 Å². The van der Waals surface area contributed by atoms with Gasteiger partial charge in [0.25, 0.3) is 0 Å². The Balaban J connectivity index is 2.88. The Hall–Kier alpha value is -0.830. The van der Waals surface area contributed by atoms with Gasteiger partial charge in [0, 0.05) is 6.92 Å². The molecule has 1 aromatic heterocycles. The van der Waals surface area contributed by atoms with Gasteiger partial charge in [0.05, 0.1) is 4.47 Å². The summed E-state index contributed by atoms with van der Waals surface area (Å²) in [7, 11) is 0. The van der Waals surface area contributed by atoms with Crippen LogP contribution >= 0.6 is 15.9 Å². The van der Waals surface area contributed by atoms with Crippen LogP contribution in [0.1, 0.15) is 11.5 Å². The second-order valence-electron chi connectivity index (χ2n) is 2.83. The Kier molecular flexibility index (Phi) is 1.68. The molecule has 1 heterocycles. The van der Waals surface area contributed by atoms with Crippen molar-refractivity contribution in [2.24, 2.45) is 0 Å². The van der Waals surface area contributed by atoms with Gasteiger partial charge in [-0.1, -0.05) is 0 Å². The Bertz CT molecular complexity index is 433. The molecule has 12 heavy (non-hydrogen) atoms. The summed E-state index contributed by atoms with van der Waals surface area (Å²) in [6.45, 7) is 3.88. The molecule has 1 aromatic carbocycles. The van der Waals surface area contributed by atoms with E-state index in [2.05, 4.69) is 20.9 Å². The molecule has 0 unspecified atom stereocenters. The number of aryl methyl sites for hydroxylation is 2. The fourth-order valence-corrected chi connectivity index (χ4v) is 1.88. The number of halogens is 1. The van der Waals surface area contributed by atoms with Gasteiger partial charge in [-0.25, -0.2) is 4.98 Å². The van der Waals surface area contributed by atoms with Crippen molar-refractivity contribution in [2.75, 3.05) is 0 Å². The minimum absolute atomic E-state index is 0.705. The second kappa shape index (κ2) is 2.59.